The van der Waals surface area contributed by atoms with Crippen LogP contribution in [-0.4, -0.2) is 71.0 Å². The SMILES string of the molecule is CC1(CCc2ccccc2)NC(=O)N(NC(=O)CN2CCN(c3ccccn3)CC2)C1=O. The molecule has 9 nitrogen and oxygen atoms in total. The van der Waals surface area contributed by atoms with Crippen molar-refractivity contribution < 1.29 is 14.4 Å². The zero-order chi connectivity index (χ0) is 22.6. The number of nitrogens with one attached hydrogen (secondary N) is 2. The number of hydrogen-bond acceptors (Lipinski definition) is 6. The summed E-state index contributed by atoms with van der Waals surface area (Å²) >= 11 is 0. The van der Waals surface area contributed by atoms with Gasteiger partial charge >= 0.3 is 6.03 Å². The Balaban J connectivity index is 1.27. The van der Waals surface area contributed by atoms with E-state index >= 15 is 0 Å². The Morgan fingerprint density at radius 3 is 2.47 bits per heavy atom. The van der Waals surface area contributed by atoms with Gasteiger partial charge < -0.3 is 10.2 Å². The van der Waals surface area contributed by atoms with Crippen LogP contribution in [-0.2, 0) is 16.0 Å². The summed E-state index contributed by atoms with van der Waals surface area (Å²) in [6.45, 7) is 4.71. The van der Waals surface area contributed by atoms with E-state index in [1.807, 2.05) is 53.4 Å². The van der Waals surface area contributed by atoms with Crippen LogP contribution in [0.5, 0.6) is 0 Å². The number of anilines is 1. The number of aryl methyl sites for hydroxylation is 1. The number of piperazine rings is 1. The molecule has 4 rings (SSSR count). The molecule has 2 N–H and O–H groups in total. The molecule has 2 aliphatic rings. The van der Waals surface area contributed by atoms with Gasteiger partial charge in [-0.1, -0.05) is 36.4 Å². The van der Waals surface area contributed by atoms with Crippen LogP contribution in [0.4, 0.5) is 10.6 Å². The zero-order valence-corrected chi connectivity index (χ0v) is 18.2. The van der Waals surface area contributed by atoms with E-state index in [0.29, 0.717) is 25.9 Å². The molecule has 0 radical (unpaired) electrons. The predicted octanol–water partition coefficient (Wildman–Crippen LogP) is 1.18. The highest BCUT2D eigenvalue weighted by atomic mass is 16.2. The third-order valence-corrected chi connectivity index (χ3v) is 5.97. The van der Waals surface area contributed by atoms with Crippen LogP contribution in [0.25, 0.3) is 0 Å². The lowest BCUT2D eigenvalue weighted by Crippen LogP contribution is -2.54. The minimum Gasteiger partial charge on any atom is -0.354 e. The van der Waals surface area contributed by atoms with E-state index in [1.54, 1.807) is 13.1 Å². The molecule has 3 heterocycles. The van der Waals surface area contributed by atoms with Gasteiger partial charge in [0.2, 0.25) is 0 Å². The normalized spacial score (nSPS) is 21.5. The molecule has 1 unspecified atom stereocenters. The highest BCUT2D eigenvalue weighted by molar-refractivity contribution is 6.07. The Labute approximate surface area is 187 Å². The Morgan fingerprint density at radius 2 is 1.78 bits per heavy atom. The third kappa shape index (κ3) is 4.88. The number of carbonyl (C=O) groups is 3. The van der Waals surface area contributed by atoms with Crippen LogP contribution in [0, 0.1) is 0 Å². The molecule has 0 saturated carbocycles. The average Bonchev–Trinajstić information content (AvgIpc) is 3.03. The molecule has 1 aromatic carbocycles. The minimum atomic E-state index is -1.05. The molecule has 1 aromatic heterocycles. The van der Waals surface area contributed by atoms with Crippen LogP contribution in [0.15, 0.2) is 54.7 Å². The minimum absolute atomic E-state index is 0.119. The number of pyridine rings is 1. The van der Waals surface area contributed by atoms with Crippen molar-refractivity contribution in [3.05, 3.63) is 60.3 Å². The largest absolute Gasteiger partial charge is 0.354 e. The smallest absolute Gasteiger partial charge is 0.344 e. The monoisotopic (exact) mass is 436 g/mol. The average molecular weight is 437 g/mol. The van der Waals surface area contributed by atoms with Gasteiger partial charge in [0.15, 0.2) is 0 Å². The van der Waals surface area contributed by atoms with Gasteiger partial charge in [0.25, 0.3) is 11.8 Å². The zero-order valence-electron chi connectivity index (χ0n) is 18.2. The predicted molar refractivity (Wildman–Crippen MR) is 120 cm³/mol. The molecule has 32 heavy (non-hydrogen) atoms. The summed E-state index contributed by atoms with van der Waals surface area (Å²) in [5.74, 6) is 0.101. The van der Waals surface area contributed by atoms with Crippen LogP contribution in [0.2, 0.25) is 0 Å². The number of hydrazine groups is 1. The van der Waals surface area contributed by atoms with Crippen LogP contribution >= 0.6 is 0 Å². The van der Waals surface area contributed by atoms with E-state index < -0.39 is 17.5 Å². The number of urea groups is 1. The Kier molecular flexibility index (Phi) is 6.36. The molecule has 0 bridgehead atoms. The molecule has 4 amide bonds. The van der Waals surface area contributed by atoms with Crippen molar-refractivity contribution in [2.45, 2.75) is 25.3 Å². The topological polar surface area (TPSA) is 97.9 Å². The number of nitrogens with zero attached hydrogens (tertiary/aromatic N) is 4. The summed E-state index contributed by atoms with van der Waals surface area (Å²) in [7, 11) is 0. The maximum atomic E-state index is 12.9. The molecule has 2 aromatic rings. The highest BCUT2D eigenvalue weighted by Crippen LogP contribution is 2.22. The molecule has 0 aliphatic carbocycles. The molecule has 9 heteroatoms. The number of imide groups is 1. The third-order valence-electron chi connectivity index (χ3n) is 5.97. The molecule has 168 valence electrons. The summed E-state index contributed by atoms with van der Waals surface area (Å²) in [5, 5.41) is 3.55. The Morgan fingerprint density at radius 1 is 1.06 bits per heavy atom. The first kappa shape index (κ1) is 21.8. The van der Waals surface area contributed by atoms with Gasteiger partial charge in [-0.25, -0.2) is 9.78 Å². The summed E-state index contributed by atoms with van der Waals surface area (Å²) in [6.07, 6.45) is 2.86. The number of rotatable bonds is 7. The van der Waals surface area contributed by atoms with Gasteiger partial charge in [0.1, 0.15) is 11.4 Å². The van der Waals surface area contributed by atoms with E-state index in [0.717, 1.165) is 29.5 Å². The first-order valence-corrected chi connectivity index (χ1v) is 10.8. The van der Waals surface area contributed by atoms with Gasteiger partial charge in [-0.2, -0.15) is 5.01 Å². The molecule has 2 fully saturated rings. The van der Waals surface area contributed by atoms with E-state index in [9.17, 15) is 14.4 Å². The van der Waals surface area contributed by atoms with E-state index in [2.05, 4.69) is 20.6 Å². The number of aromatic nitrogens is 1. The number of hydrogen-bond donors (Lipinski definition) is 2. The van der Waals surface area contributed by atoms with E-state index in [4.69, 9.17) is 0 Å². The lowest BCUT2D eigenvalue weighted by molar-refractivity contribution is -0.139. The maximum absolute atomic E-state index is 12.9. The molecular formula is C23H28N6O3. The number of amides is 4. The van der Waals surface area contributed by atoms with Crippen LogP contribution in [0.3, 0.4) is 0 Å². The van der Waals surface area contributed by atoms with Crippen LogP contribution in [0.1, 0.15) is 18.9 Å². The fourth-order valence-electron chi connectivity index (χ4n) is 4.03. The molecular weight excluding hydrogens is 408 g/mol. The fraction of sp³-hybridized carbons (Fsp3) is 0.391. The lowest BCUT2D eigenvalue weighted by Gasteiger charge is -2.35. The summed E-state index contributed by atoms with van der Waals surface area (Å²) in [4.78, 5) is 46.4. The quantitative estimate of drug-likeness (QED) is 0.633. The van der Waals surface area contributed by atoms with Crippen molar-refractivity contribution >= 4 is 23.7 Å². The van der Waals surface area contributed by atoms with Gasteiger partial charge in [-0.3, -0.25) is 19.9 Å². The van der Waals surface area contributed by atoms with Crippen molar-refractivity contribution in [2.75, 3.05) is 37.6 Å². The van der Waals surface area contributed by atoms with Gasteiger partial charge in [-0.05, 0) is 37.5 Å². The van der Waals surface area contributed by atoms with E-state index in [-0.39, 0.29) is 12.5 Å². The standard InChI is InChI=1S/C23H28N6O3/c1-23(11-10-18-7-3-2-4-8-18)21(31)29(22(32)25-23)26-20(30)17-27-13-15-28(16-14-27)19-9-5-6-12-24-19/h2-9,12H,10-11,13-17H2,1H3,(H,25,32)(H,26,30). The Hall–Kier alpha value is -3.46. The molecule has 2 aliphatic heterocycles. The molecule has 2 saturated heterocycles. The second kappa shape index (κ2) is 9.35. The van der Waals surface area contributed by atoms with Crippen molar-refractivity contribution in [1.82, 2.24) is 25.6 Å². The molecule has 0 spiro atoms. The number of carbonyl (C=O) groups excluding carboxylic acids is 3. The summed E-state index contributed by atoms with van der Waals surface area (Å²) in [6, 6.07) is 15.0. The molecule has 1 atom stereocenters. The van der Waals surface area contributed by atoms with Crippen molar-refractivity contribution in [3.63, 3.8) is 0 Å². The maximum Gasteiger partial charge on any atom is 0.344 e. The summed E-state index contributed by atoms with van der Waals surface area (Å²) in [5.41, 5.74) is 2.53. The highest BCUT2D eigenvalue weighted by Gasteiger charge is 2.48. The van der Waals surface area contributed by atoms with Crippen molar-refractivity contribution in [2.24, 2.45) is 0 Å². The lowest BCUT2D eigenvalue weighted by atomic mass is 9.93. The van der Waals surface area contributed by atoms with Crippen molar-refractivity contribution in [3.8, 4) is 0 Å². The Bertz CT molecular complexity index is 962. The first-order chi connectivity index (χ1) is 15.4. The fourth-order valence-corrected chi connectivity index (χ4v) is 4.03. The second-order valence-corrected chi connectivity index (χ2v) is 8.37. The first-order valence-electron chi connectivity index (χ1n) is 10.8. The number of benzene rings is 1. The van der Waals surface area contributed by atoms with Crippen molar-refractivity contribution in [1.29, 1.82) is 0 Å². The van der Waals surface area contributed by atoms with E-state index in [1.165, 1.54) is 0 Å². The van der Waals surface area contributed by atoms with Gasteiger partial charge in [0, 0.05) is 32.4 Å². The van der Waals surface area contributed by atoms with Crippen LogP contribution < -0.4 is 15.6 Å². The second-order valence-electron chi connectivity index (χ2n) is 8.37. The summed E-state index contributed by atoms with van der Waals surface area (Å²) < 4.78 is 0. The van der Waals surface area contributed by atoms with Gasteiger partial charge in [-0.15, -0.1) is 0 Å². The van der Waals surface area contributed by atoms with Gasteiger partial charge in [0.05, 0.1) is 6.54 Å².